The summed E-state index contributed by atoms with van der Waals surface area (Å²) in [6.07, 6.45) is 13.6. The lowest BCUT2D eigenvalue weighted by Crippen LogP contribution is -2.50. The van der Waals surface area contributed by atoms with Crippen LogP contribution in [0.5, 0.6) is 0 Å². The third kappa shape index (κ3) is 10.2. The van der Waals surface area contributed by atoms with Crippen molar-refractivity contribution >= 4 is 16.0 Å². The van der Waals surface area contributed by atoms with Gasteiger partial charge in [-0.3, -0.25) is 9.55 Å². The molecule has 0 spiro atoms. The van der Waals surface area contributed by atoms with Gasteiger partial charge in [0, 0.05) is 6.42 Å². The maximum Gasteiger partial charge on any atom is 0.294 e. The van der Waals surface area contributed by atoms with Crippen LogP contribution in [0.2, 0.25) is 0 Å². The van der Waals surface area contributed by atoms with Crippen molar-refractivity contribution in [3.63, 3.8) is 0 Å². The van der Waals surface area contributed by atoms with Gasteiger partial charge in [0.05, 0.1) is 21.8 Å². The van der Waals surface area contributed by atoms with Gasteiger partial charge in [0.2, 0.25) is 0 Å². The average Bonchev–Trinajstić information content (AvgIpc) is 2.87. The van der Waals surface area contributed by atoms with E-state index in [0.29, 0.717) is 0 Å². The Morgan fingerprint density at radius 2 is 1.35 bits per heavy atom. The summed E-state index contributed by atoms with van der Waals surface area (Å²) in [5.41, 5.74) is 1.08. The summed E-state index contributed by atoms with van der Waals surface area (Å²) in [7, 11) is -4.02. The largest absolute Gasteiger partial charge is 0.367 e. The minimum atomic E-state index is -4.02. The first-order chi connectivity index (χ1) is 14.4. The fraction of sp³-hybridized carbons (Fsp3) is 0.720. The molecule has 5 nitrogen and oxygen atoms in total. The number of rotatable bonds is 11. The molecule has 0 saturated heterocycles. The number of hydrogen-bond donors (Lipinski definition) is 2. The smallest absolute Gasteiger partial charge is 0.294 e. The number of amidine groups is 1. The van der Waals surface area contributed by atoms with Gasteiger partial charge in [-0.05, 0) is 53.2 Å². The van der Waals surface area contributed by atoms with Crippen molar-refractivity contribution in [1.82, 2.24) is 5.32 Å². The topological polar surface area (TPSA) is 78.8 Å². The molecule has 1 aromatic carbocycles. The second-order valence-electron chi connectivity index (χ2n) is 9.73. The average molecular weight is 453 g/mol. The third-order valence-electron chi connectivity index (χ3n) is 6.24. The maximum atomic E-state index is 10.5. The molecule has 1 heterocycles. The molecule has 178 valence electrons. The molecule has 31 heavy (non-hydrogen) atoms. The highest BCUT2D eigenvalue weighted by atomic mass is 32.2. The number of nitrogens with zero attached hydrogens (tertiary/aromatic N) is 1. The highest BCUT2D eigenvalue weighted by Gasteiger charge is 2.42. The molecule has 2 N–H and O–H groups in total. The first kappa shape index (κ1) is 27.6. The number of aryl methyl sites for hydroxylation is 1. The fourth-order valence-electron chi connectivity index (χ4n) is 3.45. The summed E-state index contributed by atoms with van der Waals surface area (Å²) in [4.78, 5) is 4.78. The zero-order chi connectivity index (χ0) is 23.5. The van der Waals surface area contributed by atoms with Crippen molar-refractivity contribution < 1.29 is 13.0 Å². The van der Waals surface area contributed by atoms with E-state index in [1.807, 2.05) is 6.92 Å². The molecular formula is C25H44N2O3S. The minimum Gasteiger partial charge on any atom is -0.367 e. The zero-order valence-corrected chi connectivity index (χ0v) is 21.3. The number of nitrogens with one attached hydrogen (secondary N) is 1. The summed E-state index contributed by atoms with van der Waals surface area (Å²) in [5, 5.41) is 3.60. The van der Waals surface area contributed by atoms with Crippen LogP contribution in [0.25, 0.3) is 0 Å². The molecule has 0 amide bonds. The van der Waals surface area contributed by atoms with E-state index < -0.39 is 10.1 Å². The molecule has 6 heteroatoms. The molecule has 0 saturated carbocycles. The van der Waals surface area contributed by atoms with Gasteiger partial charge in [0.1, 0.15) is 0 Å². The number of benzene rings is 1. The van der Waals surface area contributed by atoms with E-state index in [1.54, 1.807) is 12.1 Å². The van der Waals surface area contributed by atoms with Gasteiger partial charge in [0.15, 0.2) is 0 Å². The van der Waals surface area contributed by atoms with Gasteiger partial charge in [-0.1, -0.05) is 76.0 Å². The summed E-state index contributed by atoms with van der Waals surface area (Å²) in [6.45, 7) is 13.1. The molecule has 0 radical (unpaired) electrons. The van der Waals surface area contributed by atoms with Crippen LogP contribution in [-0.2, 0) is 10.1 Å². The molecule has 0 unspecified atom stereocenters. The van der Waals surface area contributed by atoms with Gasteiger partial charge in [-0.25, -0.2) is 0 Å². The van der Waals surface area contributed by atoms with Crippen molar-refractivity contribution in [2.75, 3.05) is 0 Å². The lowest BCUT2D eigenvalue weighted by Gasteiger charge is -2.32. The van der Waals surface area contributed by atoms with Gasteiger partial charge < -0.3 is 5.32 Å². The van der Waals surface area contributed by atoms with E-state index in [2.05, 4.69) is 39.9 Å². The predicted octanol–water partition coefficient (Wildman–Crippen LogP) is 6.71. The van der Waals surface area contributed by atoms with Gasteiger partial charge in [-0.2, -0.15) is 8.42 Å². The monoisotopic (exact) mass is 452 g/mol. The number of hydrogen-bond acceptors (Lipinski definition) is 4. The van der Waals surface area contributed by atoms with Gasteiger partial charge in [0.25, 0.3) is 10.1 Å². The van der Waals surface area contributed by atoms with Crippen LogP contribution in [0.1, 0.15) is 104 Å². The van der Waals surface area contributed by atoms with E-state index in [0.717, 1.165) is 12.0 Å². The van der Waals surface area contributed by atoms with Crippen LogP contribution in [0.3, 0.4) is 0 Å². The van der Waals surface area contributed by atoms with Crippen molar-refractivity contribution in [1.29, 1.82) is 0 Å². The molecule has 2 rings (SSSR count). The number of aliphatic imine (C=N–C) groups is 1. The van der Waals surface area contributed by atoms with E-state index in [9.17, 15) is 8.42 Å². The maximum absolute atomic E-state index is 10.5. The molecule has 0 aliphatic carbocycles. The molecule has 1 aromatic rings. The molecule has 1 aliphatic heterocycles. The quantitative estimate of drug-likeness (QED) is 0.289. The Labute approximate surface area is 190 Å². The molecule has 1 aliphatic rings. The van der Waals surface area contributed by atoms with Crippen LogP contribution in [-0.4, -0.2) is 29.9 Å². The molecule has 0 fully saturated rings. The lowest BCUT2D eigenvalue weighted by atomic mass is 9.85. The van der Waals surface area contributed by atoms with E-state index in [1.165, 1.54) is 75.8 Å². The molecule has 0 aromatic heterocycles. The normalized spacial score (nSPS) is 16.8. The second-order valence-corrected chi connectivity index (χ2v) is 11.2. The Bertz CT molecular complexity index is 781. The van der Waals surface area contributed by atoms with E-state index in [-0.39, 0.29) is 16.0 Å². The van der Waals surface area contributed by atoms with Gasteiger partial charge in [-0.15, -0.1) is 0 Å². The summed E-state index contributed by atoms with van der Waals surface area (Å²) >= 11 is 0. The zero-order valence-electron chi connectivity index (χ0n) is 20.5. The van der Waals surface area contributed by atoms with Crippen LogP contribution < -0.4 is 5.32 Å². The predicted molar refractivity (Wildman–Crippen MR) is 132 cm³/mol. The lowest BCUT2D eigenvalue weighted by molar-refractivity contribution is 0.309. The minimum absolute atomic E-state index is 0.0294. The van der Waals surface area contributed by atoms with Crippen LogP contribution in [0.4, 0.5) is 0 Å². The van der Waals surface area contributed by atoms with Crippen molar-refractivity contribution in [3.05, 3.63) is 29.8 Å². The highest BCUT2D eigenvalue weighted by molar-refractivity contribution is 7.85. The van der Waals surface area contributed by atoms with Crippen LogP contribution >= 0.6 is 0 Å². The standard InChI is InChI=1S/C18H36N2.C7H8O3S/c1-6-7-8-9-10-11-12-13-14-15-16-19-17(2,3)18(4,5)20-16;1-6-2-4-7(5-3-6)11(8,9)10/h6-15H2,1-5H3,(H,19,20);2-5H,1H3,(H,8,9,10). The van der Waals surface area contributed by atoms with Crippen LogP contribution in [0, 0.1) is 6.92 Å². The number of unbranched alkanes of at least 4 members (excludes halogenated alkanes) is 8. The van der Waals surface area contributed by atoms with E-state index >= 15 is 0 Å². The molecule has 0 atom stereocenters. The Kier molecular flexibility index (Phi) is 11.2. The van der Waals surface area contributed by atoms with Crippen molar-refractivity contribution in [3.8, 4) is 0 Å². The first-order valence-electron chi connectivity index (χ1n) is 11.8. The van der Waals surface area contributed by atoms with Crippen LogP contribution in [0.15, 0.2) is 34.2 Å². The Morgan fingerprint density at radius 1 is 0.871 bits per heavy atom. The summed E-state index contributed by atoms with van der Waals surface area (Å²) in [5.74, 6) is 1.22. The Hall–Kier alpha value is -1.40. The van der Waals surface area contributed by atoms with Gasteiger partial charge >= 0.3 is 0 Å². The van der Waals surface area contributed by atoms with Crippen molar-refractivity contribution in [2.45, 2.75) is 122 Å². The second kappa shape index (κ2) is 12.6. The Balaban J connectivity index is 0.000000367. The summed E-state index contributed by atoms with van der Waals surface area (Å²) in [6, 6.07) is 5.99. The Morgan fingerprint density at radius 3 is 1.77 bits per heavy atom. The highest BCUT2D eigenvalue weighted by Crippen LogP contribution is 2.30. The third-order valence-corrected chi connectivity index (χ3v) is 7.10. The molecule has 0 bridgehead atoms. The fourth-order valence-corrected chi connectivity index (χ4v) is 3.93. The van der Waals surface area contributed by atoms with Crippen molar-refractivity contribution in [2.24, 2.45) is 4.99 Å². The van der Waals surface area contributed by atoms with E-state index in [4.69, 9.17) is 9.55 Å². The molecular weight excluding hydrogens is 408 g/mol. The first-order valence-corrected chi connectivity index (χ1v) is 13.2. The summed E-state index contributed by atoms with van der Waals surface area (Å²) < 4.78 is 29.6. The SMILES string of the molecule is CCCCCCCCCCCC1=NC(C)(C)C(C)(C)N1.Cc1ccc(S(=O)(=O)O)cc1.